The fraction of sp³-hybridized carbons (Fsp3) is 0.571. The zero-order valence-corrected chi connectivity index (χ0v) is 11.9. The van der Waals surface area contributed by atoms with Crippen LogP contribution in [0.15, 0.2) is 18.2 Å². The Kier molecular flexibility index (Phi) is 3.92. The molecule has 2 aliphatic rings. The Hall–Kier alpha value is -1.17. The predicted molar refractivity (Wildman–Crippen MR) is 75.8 cm³/mol. The van der Waals surface area contributed by atoms with Gasteiger partial charge in [-0.05, 0) is 25.3 Å². The summed E-state index contributed by atoms with van der Waals surface area (Å²) >= 11 is 6.24. The van der Waals surface area contributed by atoms with Crippen molar-refractivity contribution in [2.24, 2.45) is 0 Å². The van der Waals surface area contributed by atoms with Crippen LogP contribution >= 0.6 is 11.6 Å². The van der Waals surface area contributed by atoms with Crippen molar-refractivity contribution >= 4 is 17.3 Å². The Balaban J connectivity index is 1.94. The molecule has 2 atom stereocenters. The van der Waals surface area contributed by atoms with E-state index < -0.39 is 4.92 Å². The summed E-state index contributed by atoms with van der Waals surface area (Å²) in [5.74, 6) is 0. The Morgan fingerprint density at radius 1 is 1.35 bits per heavy atom. The molecular weight excluding hydrogens is 280 g/mol. The van der Waals surface area contributed by atoms with Gasteiger partial charge in [-0.2, -0.15) is 0 Å². The lowest BCUT2D eigenvalue weighted by atomic mass is 9.96. The maximum atomic E-state index is 10.9. The number of hydrogen-bond donors (Lipinski definition) is 0. The van der Waals surface area contributed by atoms with Gasteiger partial charge in [0.15, 0.2) is 0 Å². The Bertz CT molecular complexity index is 521. The number of fused-ring (bicyclic) bond motifs is 1. The van der Waals surface area contributed by atoms with Gasteiger partial charge in [-0.25, -0.2) is 0 Å². The molecule has 5 nitrogen and oxygen atoms in total. The second-order valence-corrected chi connectivity index (χ2v) is 5.77. The number of nitrogens with zero attached hydrogens (tertiary/aromatic N) is 2. The quantitative estimate of drug-likeness (QED) is 0.619. The maximum Gasteiger partial charge on any atom is 0.269 e. The summed E-state index contributed by atoms with van der Waals surface area (Å²) in [6, 6.07) is 5.08. The van der Waals surface area contributed by atoms with Crippen LogP contribution in [0.5, 0.6) is 0 Å². The van der Waals surface area contributed by atoms with Crippen LogP contribution in [0.1, 0.15) is 37.5 Å². The second kappa shape index (κ2) is 5.68. The van der Waals surface area contributed by atoms with Gasteiger partial charge in [0.2, 0.25) is 0 Å². The van der Waals surface area contributed by atoms with Gasteiger partial charge in [0.25, 0.3) is 5.69 Å². The third kappa shape index (κ3) is 2.53. The van der Waals surface area contributed by atoms with Gasteiger partial charge in [0.05, 0.1) is 11.5 Å². The maximum absolute atomic E-state index is 10.9. The molecule has 6 heteroatoms. The molecule has 0 saturated carbocycles. The van der Waals surface area contributed by atoms with Gasteiger partial charge < -0.3 is 4.74 Å². The zero-order chi connectivity index (χ0) is 14.1. The van der Waals surface area contributed by atoms with Gasteiger partial charge in [0.1, 0.15) is 6.23 Å². The van der Waals surface area contributed by atoms with E-state index in [1.165, 1.54) is 18.9 Å². The number of benzene rings is 1. The van der Waals surface area contributed by atoms with Crippen LogP contribution in [0.25, 0.3) is 0 Å². The van der Waals surface area contributed by atoms with Crippen molar-refractivity contribution in [1.29, 1.82) is 0 Å². The summed E-state index contributed by atoms with van der Waals surface area (Å²) in [6.07, 6.45) is 4.34. The Morgan fingerprint density at radius 3 is 3.00 bits per heavy atom. The number of rotatable bonds is 2. The van der Waals surface area contributed by atoms with Crippen molar-refractivity contribution in [3.63, 3.8) is 0 Å². The van der Waals surface area contributed by atoms with Crippen LogP contribution in [0.2, 0.25) is 5.02 Å². The first kappa shape index (κ1) is 13.8. The SMILES string of the molecule is O=[N+]([O-])c1ccc(Cl)c([C@H]2OCC[C@H]3CCCCN32)c1. The number of halogens is 1. The molecule has 0 radical (unpaired) electrons. The summed E-state index contributed by atoms with van der Waals surface area (Å²) in [5.41, 5.74) is 0.777. The van der Waals surface area contributed by atoms with Crippen molar-refractivity contribution in [3.05, 3.63) is 38.9 Å². The first-order valence-electron chi connectivity index (χ1n) is 6.98. The molecule has 20 heavy (non-hydrogen) atoms. The minimum Gasteiger partial charge on any atom is -0.359 e. The molecule has 0 amide bonds. The average molecular weight is 297 g/mol. The molecule has 108 valence electrons. The van der Waals surface area contributed by atoms with Gasteiger partial charge in [-0.15, -0.1) is 0 Å². The molecule has 0 aromatic heterocycles. The summed E-state index contributed by atoms with van der Waals surface area (Å²) in [5, 5.41) is 11.5. The van der Waals surface area contributed by atoms with Crippen molar-refractivity contribution in [3.8, 4) is 0 Å². The highest BCUT2D eigenvalue weighted by Gasteiger charge is 2.35. The minimum absolute atomic E-state index is 0.0622. The van der Waals surface area contributed by atoms with E-state index in [2.05, 4.69) is 4.90 Å². The van der Waals surface area contributed by atoms with E-state index in [0.29, 0.717) is 23.2 Å². The molecule has 1 aromatic rings. The van der Waals surface area contributed by atoms with Crippen LogP contribution in [-0.4, -0.2) is 29.0 Å². The standard InChI is InChI=1S/C14H17ClN2O3/c15-13-5-4-11(17(18)19)9-12(13)14-16-7-2-1-3-10(16)6-8-20-14/h4-5,9-10,14H,1-3,6-8H2/t10-,14-/m1/s1. The molecule has 0 unspecified atom stereocenters. The van der Waals surface area contributed by atoms with E-state index >= 15 is 0 Å². The van der Waals surface area contributed by atoms with Crippen molar-refractivity contribution in [2.75, 3.05) is 13.2 Å². The lowest BCUT2D eigenvalue weighted by Gasteiger charge is -2.44. The normalized spacial score (nSPS) is 27.1. The van der Waals surface area contributed by atoms with E-state index in [4.69, 9.17) is 16.3 Å². The van der Waals surface area contributed by atoms with E-state index in [-0.39, 0.29) is 11.9 Å². The second-order valence-electron chi connectivity index (χ2n) is 5.36. The number of ether oxygens (including phenoxy) is 1. The van der Waals surface area contributed by atoms with Crippen LogP contribution < -0.4 is 0 Å². The van der Waals surface area contributed by atoms with E-state index in [1.54, 1.807) is 12.1 Å². The fourth-order valence-corrected chi connectivity index (χ4v) is 3.37. The third-order valence-corrected chi connectivity index (χ3v) is 4.50. The first-order valence-corrected chi connectivity index (χ1v) is 7.36. The molecule has 0 aliphatic carbocycles. The molecule has 1 aromatic carbocycles. The number of non-ortho nitro benzene ring substituents is 1. The molecule has 3 rings (SSSR count). The molecule has 0 spiro atoms. The highest BCUT2D eigenvalue weighted by atomic mass is 35.5. The summed E-state index contributed by atoms with van der Waals surface area (Å²) in [7, 11) is 0. The highest BCUT2D eigenvalue weighted by Crippen LogP contribution is 2.38. The van der Waals surface area contributed by atoms with Gasteiger partial charge >= 0.3 is 0 Å². The summed E-state index contributed by atoms with van der Waals surface area (Å²) in [4.78, 5) is 12.8. The Morgan fingerprint density at radius 2 is 2.20 bits per heavy atom. The molecule has 2 fully saturated rings. The Labute approximate surface area is 122 Å². The van der Waals surface area contributed by atoms with Crippen molar-refractivity contribution < 1.29 is 9.66 Å². The van der Waals surface area contributed by atoms with E-state index in [1.807, 2.05) is 0 Å². The molecule has 2 heterocycles. The minimum atomic E-state index is -0.393. The van der Waals surface area contributed by atoms with Crippen LogP contribution in [0.3, 0.4) is 0 Å². The first-order chi connectivity index (χ1) is 9.66. The van der Waals surface area contributed by atoms with Gasteiger partial charge in [-0.3, -0.25) is 15.0 Å². The van der Waals surface area contributed by atoms with Gasteiger partial charge in [0, 0.05) is 35.3 Å². The molecular formula is C14H17ClN2O3. The molecule has 0 bridgehead atoms. The smallest absolute Gasteiger partial charge is 0.269 e. The third-order valence-electron chi connectivity index (χ3n) is 4.16. The number of nitro groups is 1. The average Bonchev–Trinajstić information content (AvgIpc) is 2.47. The zero-order valence-electron chi connectivity index (χ0n) is 11.1. The summed E-state index contributed by atoms with van der Waals surface area (Å²) in [6.45, 7) is 1.65. The van der Waals surface area contributed by atoms with Gasteiger partial charge in [-0.1, -0.05) is 18.0 Å². The molecule has 2 aliphatic heterocycles. The van der Waals surface area contributed by atoms with Crippen molar-refractivity contribution in [2.45, 2.75) is 38.0 Å². The topological polar surface area (TPSA) is 55.6 Å². The highest BCUT2D eigenvalue weighted by molar-refractivity contribution is 6.31. The van der Waals surface area contributed by atoms with Crippen molar-refractivity contribution in [1.82, 2.24) is 4.90 Å². The lowest BCUT2D eigenvalue weighted by Crippen LogP contribution is -2.47. The monoisotopic (exact) mass is 296 g/mol. The van der Waals surface area contributed by atoms with E-state index in [0.717, 1.165) is 19.4 Å². The van der Waals surface area contributed by atoms with Crippen LogP contribution in [0, 0.1) is 10.1 Å². The largest absolute Gasteiger partial charge is 0.359 e. The lowest BCUT2D eigenvalue weighted by molar-refractivity contribution is -0.385. The van der Waals surface area contributed by atoms with E-state index in [9.17, 15) is 10.1 Å². The molecule has 0 N–H and O–H groups in total. The van der Waals surface area contributed by atoms with Crippen LogP contribution in [0.4, 0.5) is 5.69 Å². The van der Waals surface area contributed by atoms with Crippen LogP contribution in [-0.2, 0) is 4.74 Å². The number of piperidine rings is 1. The summed E-state index contributed by atoms with van der Waals surface area (Å²) < 4.78 is 5.87. The fourth-order valence-electron chi connectivity index (χ4n) is 3.16. The predicted octanol–water partition coefficient (Wildman–Crippen LogP) is 3.52. The molecule has 2 saturated heterocycles. The number of hydrogen-bond acceptors (Lipinski definition) is 4. The number of nitro benzene ring substituents is 1.